The molecule has 2 aromatic rings. The molecule has 2 aliphatic rings. The van der Waals surface area contributed by atoms with Gasteiger partial charge in [-0.15, -0.1) is 0 Å². The molecule has 27 heavy (non-hydrogen) atoms. The maximum Gasteiger partial charge on any atom is 0.148 e. The molecule has 4 rings (SSSR count). The molecule has 5 heteroatoms. The molecule has 0 saturated carbocycles. The van der Waals surface area contributed by atoms with Crippen molar-refractivity contribution in [2.45, 2.75) is 39.0 Å². The van der Waals surface area contributed by atoms with Gasteiger partial charge in [0.25, 0.3) is 0 Å². The first-order valence-corrected chi connectivity index (χ1v) is 10.0. The second-order valence-electron chi connectivity index (χ2n) is 7.60. The molecule has 0 amide bonds. The highest BCUT2D eigenvalue weighted by Gasteiger charge is 2.36. The number of aryl methyl sites for hydroxylation is 1. The maximum atomic E-state index is 4.64. The van der Waals surface area contributed by atoms with E-state index in [0.717, 1.165) is 55.2 Å². The van der Waals surface area contributed by atoms with Gasteiger partial charge in [0.2, 0.25) is 0 Å². The van der Waals surface area contributed by atoms with Crippen molar-refractivity contribution in [3.8, 4) is 11.8 Å². The number of rotatable bonds is 2. The number of nitrogens with zero attached hydrogens (tertiary/aromatic N) is 4. The van der Waals surface area contributed by atoms with Gasteiger partial charge in [-0.25, -0.2) is 9.97 Å². The fourth-order valence-electron chi connectivity index (χ4n) is 4.27. The lowest BCUT2D eigenvalue weighted by Crippen LogP contribution is -2.46. The quantitative estimate of drug-likeness (QED) is 0.834. The number of nitrogens with one attached hydrogen (secondary N) is 1. The summed E-state index contributed by atoms with van der Waals surface area (Å²) in [5.41, 5.74) is 3.45. The van der Waals surface area contributed by atoms with Crippen LogP contribution in [0.15, 0.2) is 30.9 Å². The Bertz CT molecular complexity index is 821. The van der Waals surface area contributed by atoms with Gasteiger partial charge in [-0.3, -0.25) is 4.98 Å². The van der Waals surface area contributed by atoms with E-state index in [9.17, 15) is 0 Å². The minimum absolute atomic E-state index is 0.532. The highest BCUT2D eigenvalue weighted by Crippen LogP contribution is 2.40. The molecule has 2 saturated heterocycles. The average Bonchev–Trinajstić information content (AvgIpc) is 2.74. The average molecular weight is 361 g/mol. The molecule has 1 spiro atoms. The lowest BCUT2D eigenvalue weighted by Gasteiger charge is -2.45. The summed E-state index contributed by atoms with van der Waals surface area (Å²) in [6.45, 7) is 6.57. The van der Waals surface area contributed by atoms with E-state index in [4.69, 9.17) is 0 Å². The Morgan fingerprint density at radius 3 is 2.63 bits per heavy atom. The van der Waals surface area contributed by atoms with Gasteiger partial charge < -0.3 is 10.2 Å². The van der Waals surface area contributed by atoms with E-state index in [0.29, 0.717) is 5.41 Å². The number of piperidine rings is 2. The fraction of sp³-hybridized carbons (Fsp3) is 0.500. The SMILES string of the molecule is CCc1ncnc(N2CCC3(CCNCC3)CC2)c1C#Cc1cccnc1. The first kappa shape index (κ1) is 17.9. The van der Waals surface area contributed by atoms with E-state index in [1.165, 1.54) is 25.7 Å². The van der Waals surface area contributed by atoms with Crippen LogP contribution < -0.4 is 10.2 Å². The second-order valence-corrected chi connectivity index (χ2v) is 7.60. The van der Waals surface area contributed by atoms with Crippen LogP contribution in [0.1, 0.15) is 49.4 Å². The van der Waals surface area contributed by atoms with E-state index in [2.05, 4.69) is 43.9 Å². The summed E-state index contributed by atoms with van der Waals surface area (Å²) in [5.74, 6) is 7.60. The molecule has 2 fully saturated rings. The van der Waals surface area contributed by atoms with Gasteiger partial charge in [-0.05, 0) is 62.7 Å². The molecule has 0 aromatic carbocycles. The molecule has 140 valence electrons. The molecule has 1 N–H and O–H groups in total. The summed E-state index contributed by atoms with van der Waals surface area (Å²) in [4.78, 5) is 15.7. The summed E-state index contributed by atoms with van der Waals surface area (Å²) < 4.78 is 0. The number of aromatic nitrogens is 3. The largest absolute Gasteiger partial charge is 0.355 e. The summed E-state index contributed by atoms with van der Waals surface area (Å²) >= 11 is 0. The van der Waals surface area contributed by atoms with Crippen LogP contribution in [0, 0.1) is 17.3 Å². The first-order valence-electron chi connectivity index (χ1n) is 10.0. The molecule has 0 unspecified atom stereocenters. The molecular formula is C22H27N5. The molecule has 4 heterocycles. The van der Waals surface area contributed by atoms with Crippen molar-refractivity contribution >= 4 is 5.82 Å². The van der Waals surface area contributed by atoms with Gasteiger partial charge in [0.15, 0.2) is 0 Å². The van der Waals surface area contributed by atoms with Crippen molar-refractivity contribution in [2.75, 3.05) is 31.1 Å². The van der Waals surface area contributed by atoms with Crippen molar-refractivity contribution in [1.82, 2.24) is 20.3 Å². The fourth-order valence-corrected chi connectivity index (χ4v) is 4.27. The van der Waals surface area contributed by atoms with Gasteiger partial charge in [-0.1, -0.05) is 18.8 Å². The van der Waals surface area contributed by atoms with E-state index in [1.807, 2.05) is 12.1 Å². The molecule has 0 aliphatic carbocycles. The molecule has 2 aromatic heterocycles. The highest BCUT2D eigenvalue weighted by atomic mass is 15.2. The zero-order valence-corrected chi connectivity index (χ0v) is 16.0. The minimum atomic E-state index is 0.532. The molecule has 5 nitrogen and oxygen atoms in total. The molecule has 2 aliphatic heterocycles. The third-order valence-electron chi connectivity index (χ3n) is 6.02. The van der Waals surface area contributed by atoms with Crippen LogP contribution >= 0.6 is 0 Å². The monoisotopic (exact) mass is 361 g/mol. The van der Waals surface area contributed by atoms with Crippen molar-refractivity contribution in [1.29, 1.82) is 0 Å². The zero-order chi connectivity index (χ0) is 18.5. The summed E-state index contributed by atoms with van der Waals surface area (Å²) in [6.07, 6.45) is 11.2. The van der Waals surface area contributed by atoms with Crippen molar-refractivity contribution in [3.63, 3.8) is 0 Å². The van der Waals surface area contributed by atoms with Crippen molar-refractivity contribution < 1.29 is 0 Å². The standard InChI is InChI=1S/C22H27N5/c1-2-20-19(6-5-18-4-3-11-24-16-18)21(26-17-25-20)27-14-9-22(10-15-27)7-12-23-13-8-22/h3-4,11,16-17,23H,2,7-10,12-15H2,1H3. The van der Waals surface area contributed by atoms with Gasteiger partial charge in [0.1, 0.15) is 12.1 Å². The Kier molecular flexibility index (Phi) is 5.35. The smallest absolute Gasteiger partial charge is 0.148 e. The normalized spacial score (nSPS) is 18.8. The van der Waals surface area contributed by atoms with E-state index < -0.39 is 0 Å². The van der Waals surface area contributed by atoms with E-state index >= 15 is 0 Å². The van der Waals surface area contributed by atoms with Crippen LogP contribution in [-0.2, 0) is 6.42 Å². The highest BCUT2D eigenvalue weighted by molar-refractivity contribution is 5.59. The summed E-state index contributed by atoms with van der Waals surface area (Å²) in [7, 11) is 0. The minimum Gasteiger partial charge on any atom is -0.355 e. The number of anilines is 1. The van der Waals surface area contributed by atoms with Gasteiger partial charge in [0.05, 0.1) is 11.3 Å². The topological polar surface area (TPSA) is 53.9 Å². The first-order chi connectivity index (χ1) is 13.3. The van der Waals surface area contributed by atoms with Crippen LogP contribution in [0.2, 0.25) is 0 Å². The predicted molar refractivity (Wildman–Crippen MR) is 108 cm³/mol. The molecular weight excluding hydrogens is 334 g/mol. The van der Waals surface area contributed by atoms with Crippen LogP contribution in [0.5, 0.6) is 0 Å². The number of hydrogen-bond donors (Lipinski definition) is 1. The van der Waals surface area contributed by atoms with E-state index in [1.54, 1.807) is 18.7 Å². The zero-order valence-electron chi connectivity index (χ0n) is 16.0. The third kappa shape index (κ3) is 3.96. The summed E-state index contributed by atoms with van der Waals surface area (Å²) in [5, 5.41) is 3.50. The van der Waals surface area contributed by atoms with Crippen LogP contribution in [0.25, 0.3) is 0 Å². The molecule has 0 atom stereocenters. The number of pyridine rings is 1. The van der Waals surface area contributed by atoms with Crippen molar-refractivity contribution in [3.05, 3.63) is 47.7 Å². The van der Waals surface area contributed by atoms with Crippen LogP contribution in [0.4, 0.5) is 5.82 Å². The Morgan fingerprint density at radius 2 is 1.93 bits per heavy atom. The predicted octanol–water partition coefficient (Wildman–Crippen LogP) is 2.80. The Labute approximate surface area is 161 Å². The Hall–Kier alpha value is -2.45. The number of hydrogen-bond acceptors (Lipinski definition) is 5. The maximum absolute atomic E-state index is 4.64. The van der Waals surface area contributed by atoms with Crippen LogP contribution in [0.3, 0.4) is 0 Å². The third-order valence-corrected chi connectivity index (χ3v) is 6.02. The van der Waals surface area contributed by atoms with Gasteiger partial charge in [0, 0.05) is 31.0 Å². The molecule has 0 radical (unpaired) electrons. The lowest BCUT2D eigenvalue weighted by molar-refractivity contribution is 0.154. The van der Waals surface area contributed by atoms with Gasteiger partial charge in [-0.2, -0.15) is 0 Å². The van der Waals surface area contributed by atoms with E-state index in [-0.39, 0.29) is 0 Å². The lowest BCUT2D eigenvalue weighted by atomic mass is 9.71. The summed E-state index contributed by atoms with van der Waals surface area (Å²) in [6, 6.07) is 3.90. The molecule has 0 bridgehead atoms. The Morgan fingerprint density at radius 1 is 1.11 bits per heavy atom. The Balaban J connectivity index is 1.59. The van der Waals surface area contributed by atoms with Gasteiger partial charge >= 0.3 is 0 Å². The van der Waals surface area contributed by atoms with Crippen molar-refractivity contribution in [2.24, 2.45) is 5.41 Å². The second kappa shape index (κ2) is 8.06. The van der Waals surface area contributed by atoms with Crippen LogP contribution in [-0.4, -0.2) is 41.1 Å².